The first-order valence-electron chi connectivity index (χ1n) is 6.32. The molecule has 0 saturated carbocycles. The molecule has 1 rings (SSSR count). The Balaban J connectivity index is 3.11. The highest BCUT2D eigenvalue weighted by molar-refractivity contribution is 6.07. The Morgan fingerprint density at radius 2 is 1.81 bits per heavy atom. The lowest BCUT2D eigenvalue weighted by Gasteiger charge is -2.13. The van der Waals surface area contributed by atoms with E-state index < -0.39 is 29.9 Å². The minimum absolute atomic E-state index is 0.0137. The number of carbonyl (C=O) groups excluding carboxylic acids is 2. The normalized spacial score (nSPS) is 11.1. The van der Waals surface area contributed by atoms with Gasteiger partial charge in [0.1, 0.15) is 12.2 Å². The van der Waals surface area contributed by atoms with Crippen LogP contribution in [0.5, 0.6) is 5.75 Å². The molecule has 116 valence electrons. The summed E-state index contributed by atoms with van der Waals surface area (Å²) in [6.07, 6.45) is -5.21. The Morgan fingerprint density at radius 3 is 2.33 bits per heavy atom. The predicted octanol–water partition coefficient (Wildman–Crippen LogP) is 3.24. The van der Waals surface area contributed by atoms with Gasteiger partial charge in [0.2, 0.25) is 0 Å². The number of hydrogen-bond acceptors (Lipinski definition) is 4. The summed E-state index contributed by atoms with van der Waals surface area (Å²) >= 11 is 0. The number of carbonyl (C=O) groups is 2. The van der Waals surface area contributed by atoms with Crippen LogP contribution in [0.4, 0.5) is 13.2 Å². The number of Topliss-reactive ketones (excluding diaryl/α,β-unsaturated/α-hetero) is 1. The van der Waals surface area contributed by atoms with Crippen LogP contribution in [0.3, 0.4) is 0 Å². The first kappa shape index (κ1) is 17.0. The smallest absolute Gasteiger partial charge is 0.416 e. The van der Waals surface area contributed by atoms with Gasteiger partial charge >= 0.3 is 12.1 Å². The van der Waals surface area contributed by atoms with Gasteiger partial charge in [0.05, 0.1) is 24.3 Å². The van der Waals surface area contributed by atoms with Crippen molar-refractivity contribution in [3.05, 3.63) is 29.3 Å². The van der Waals surface area contributed by atoms with Crippen LogP contribution in [-0.2, 0) is 15.7 Å². The van der Waals surface area contributed by atoms with Crippen molar-refractivity contribution in [3.63, 3.8) is 0 Å². The van der Waals surface area contributed by atoms with Crippen molar-refractivity contribution >= 4 is 11.8 Å². The summed E-state index contributed by atoms with van der Waals surface area (Å²) in [4.78, 5) is 23.2. The van der Waals surface area contributed by atoms with Crippen molar-refractivity contribution in [2.24, 2.45) is 0 Å². The molecule has 0 N–H and O–H groups in total. The molecular formula is C14H15F3O4. The first-order chi connectivity index (χ1) is 9.79. The molecular weight excluding hydrogens is 289 g/mol. The molecule has 0 atom stereocenters. The van der Waals surface area contributed by atoms with E-state index in [1.54, 1.807) is 13.8 Å². The highest BCUT2D eigenvalue weighted by Crippen LogP contribution is 2.33. The van der Waals surface area contributed by atoms with Gasteiger partial charge in [-0.1, -0.05) is 0 Å². The van der Waals surface area contributed by atoms with Crippen LogP contribution < -0.4 is 4.74 Å². The van der Waals surface area contributed by atoms with Crippen molar-refractivity contribution in [2.45, 2.75) is 26.4 Å². The van der Waals surface area contributed by atoms with E-state index in [1.807, 2.05) is 0 Å². The molecule has 1 aromatic rings. The van der Waals surface area contributed by atoms with Gasteiger partial charge in [-0.05, 0) is 32.0 Å². The summed E-state index contributed by atoms with van der Waals surface area (Å²) in [6, 6.07) is 2.59. The molecule has 0 unspecified atom stereocenters. The molecule has 0 bridgehead atoms. The SMILES string of the molecule is CCOC(=O)CC(=O)c1cc(C(F)(F)F)ccc1OCC. The number of esters is 1. The lowest BCUT2D eigenvalue weighted by atomic mass is 10.0. The Hall–Kier alpha value is -2.05. The van der Waals surface area contributed by atoms with E-state index in [1.165, 1.54) is 0 Å². The maximum Gasteiger partial charge on any atom is 0.416 e. The zero-order valence-corrected chi connectivity index (χ0v) is 11.6. The number of ether oxygens (including phenoxy) is 2. The fourth-order valence-corrected chi connectivity index (χ4v) is 1.64. The topological polar surface area (TPSA) is 52.6 Å². The summed E-state index contributed by atoms with van der Waals surface area (Å²) in [7, 11) is 0. The molecule has 0 aliphatic carbocycles. The van der Waals surface area contributed by atoms with E-state index >= 15 is 0 Å². The number of ketones is 1. The van der Waals surface area contributed by atoms with Gasteiger partial charge < -0.3 is 9.47 Å². The van der Waals surface area contributed by atoms with Gasteiger partial charge in [-0.2, -0.15) is 13.2 Å². The Kier molecular flexibility index (Phi) is 5.75. The highest BCUT2D eigenvalue weighted by atomic mass is 19.4. The second-order valence-corrected chi connectivity index (χ2v) is 4.05. The van der Waals surface area contributed by atoms with E-state index in [0.717, 1.165) is 12.1 Å². The van der Waals surface area contributed by atoms with E-state index in [2.05, 4.69) is 4.74 Å². The lowest BCUT2D eigenvalue weighted by Crippen LogP contribution is -2.14. The van der Waals surface area contributed by atoms with Crippen LogP contribution in [0.1, 0.15) is 36.2 Å². The summed E-state index contributed by atoms with van der Waals surface area (Å²) in [5.41, 5.74) is -1.25. The maximum atomic E-state index is 12.7. The standard InChI is InChI=1S/C14H15F3O4/c1-3-20-12-6-5-9(14(15,16)17)7-10(12)11(18)8-13(19)21-4-2/h5-7H,3-4,8H2,1-2H3. The van der Waals surface area contributed by atoms with E-state index in [0.29, 0.717) is 6.07 Å². The van der Waals surface area contributed by atoms with Crippen LogP contribution in [0.15, 0.2) is 18.2 Å². The van der Waals surface area contributed by atoms with Crippen LogP contribution in [0, 0.1) is 0 Å². The quantitative estimate of drug-likeness (QED) is 0.460. The van der Waals surface area contributed by atoms with Gasteiger partial charge in [-0.3, -0.25) is 9.59 Å². The number of rotatable bonds is 6. The lowest BCUT2D eigenvalue weighted by molar-refractivity contribution is -0.142. The average molecular weight is 304 g/mol. The second-order valence-electron chi connectivity index (χ2n) is 4.05. The highest BCUT2D eigenvalue weighted by Gasteiger charge is 2.32. The number of alkyl halides is 3. The number of benzene rings is 1. The molecule has 0 saturated heterocycles. The summed E-state index contributed by atoms with van der Waals surface area (Å²) in [5.74, 6) is -1.55. The molecule has 0 fully saturated rings. The third-order valence-electron chi connectivity index (χ3n) is 2.52. The molecule has 0 heterocycles. The van der Waals surface area contributed by atoms with Gasteiger partial charge in [0, 0.05) is 0 Å². The Bertz CT molecular complexity index is 523. The van der Waals surface area contributed by atoms with E-state index in [9.17, 15) is 22.8 Å². The fraction of sp³-hybridized carbons (Fsp3) is 0.429. The van der Waals surface area contributed by atoms with Gasteiger partial charge in [0.25, 0.3) is 0 Å². The molecule has 0 aliphatic heterocycles. The number of halogens is 3. The molecule has 0 radical (unpaired) electrons. The van der Waals surface area contributed by atoms with Crippen LogP contribution in [0.2, 0.25) is 0 Å². The van der Waals surface area contributed by atoms with Gasteiger partial charge in [-0.25, -0.2) is 0 Å². The molecule has 21 heavy (non-hydrogen) atoms. The zero-order valence-electron chi connectivity index (χ0n) is 11.6. The van der Waals surface area contributed by atoms with E-state index in [-0.39, 0.29) is 24.5 Å². The minimum atomic E-state index is -4.58. The first-order valence-corrected chi connectivity index (χ1v) is 6.32. The van der Waals surface area contributed by atoms with Crippen molar-refractivity contribution in [1.82, 2.24) is 0 Å². The van der Waals surface area contributed by atoms with Gasteiger partial charge in [0.15, 0.2) is 5.78 Å². The second kappa shape index (κ2) is 7.10. The zero-order chi connectivity index (χ0) is 16.0. The number of hydrogen-bond donors (Lipinski definition) is 0. The molecule has 0 aromatic heterocycles. The van der Waals surface area contributed by atoms with Crippen molar-refractivity contribution < 1.29 is 32.2 Å². The van der Waals surface area contributed by atoms with Crippen LogP contribution >= 0.6 is 0 Å². The maximum absolute atomic E-state index is 12.7. The molecule has 0 spiro atoms. The molecule has 0 amide bonds. The third-order valence-corrected chi connectivity index (χ3v) is 2.52. The summed E-state index contributed by atoms with van der Waals surface area (Å²) in [6.45, 7) is 3.48. The molecule has 1 aromatic carbocycles. The average Bonchev–Trinajstić information content (AvgIpc) is 2.38. The minimum Gasteiger partial charge on any atom is -0.493 e. The predicted molar refractivity (Wildman–Crippen MR) is 68.2 cm³/mol. The van der Waals surface area contributed by atoms with Crippen molar-refractivity contribution in [1.29, 1.82) is 0 Å². The van der Waals surface area contributed by atoms with Crippen molar-refractivity contribution in [3.8, 4) is 5.75 Å². The summed E-state index contributed by atoms with van der Waals surface area (Å²) in [5, 5.41) is 0. The van der Waals surface area contributed by atoms with E-state index in [4.69, 9.17) is 4.74 Å². The fourth-order valence-electron chi connectivity index (χ4n) is 1.64. The van der Waals surface area contributed by atoms with Gasteiger partial charge in [-0.15, -0.1) is 0 Å². The van der Waals surface area contributed by atoms with Crippen LogP contribution in [-0.4, -0.2) is 25.0 Å². The van der Waals surface area contributed by atoms with Crippen molar-refractivity contribution in [2.75, 3.05) is 13.2 Å². The Morgan fingerprint density at radius 1 is 1.14 bits per heavy atom. The third kappa shape index (κ3) is 4.77. The summed E-state index contributed by atoms with van der Waals surface area (Å²) < 4.78 is 47.8. The molecule has 7 heteroatoms. The largest absolute Gasteiger partial charge is 0.493 e. The Labute approximate surface area is 119 Å². The van der Waals surface area contributed by atoms with Crippen LogP contribution in [0.25, 0.3) is 0 Å². The molecule has 4 nitrogen and oxygen atoms in total. The monoisotopic (exact) mass is 304 g/mol. The molecule has 0 aliphatic rings.